The zero-order valence-electron chi connectivity index (χ0n) is 22.3. The molecule has 2 saturated heterocycles. The van der Waals surface area contributed by atoms with Crippen LogP contribution in [0.3, 0.4) is 0 Å². The van der Waals surface area contributed by atoms with Crippen molar-refractivity contribution in [2.75, 3.05) is 62.7 Å². The number of alkyl halides is 2. The van der Waals surface area contributed by atoms with E-state index in [0.29, 0.717) is 69.3 Å². The third-order valence-corrected chi connectivity index (χ3v) is 7.59. The number of ether oxygens (including phenoxy) is 1. The third kappa shape index (κ3) is 5.29. The number of para-hydroxylation sites is 2. The molecule has 11 nitrogen and oxygen atoms in total. The first-order valence-corrected chi connectivity index (χ1v) is 13.7. The van der Waals surface area contributed by atoms with Crippen LogP contribution in [0.2, 0.25) is 0 Å². The van der Waals surface area contributed by atoms with Crippen LogP contribution in [0.25, 0.3) is 16.9 Å². The molecule has 0 radical (unpaired) electrons. The van der Waals surface area contributed by atoms with Gasteiger partial charge in [-0.15, -0.1) is 0 Å². The highest BCUT2D eigenvalue weighted by molar-refractivity contribution is 5.85. The predicted octanol–water partition coefficient (Wildman–Crippen LogP) is 2.47. The van der Waals surface area contributed by atoms with Crippen LogP contribution in [0.1, 0.15) is 32.0 Å². The molecule has 3 aromatic rings. The lowest BCUT2D eigenvalue weighted by Gasteiger charge is -2.36. The maximum absolute atomic E-state index is 14.1. The van der Waals surface area contributed by atoms with Crippen molar-refractivity contribution in [3.05, 3.63) is 36.2 Å². The van der Waals surface area contributed by atoms with E-state index >= 15 is 0 Å². The number of imidazole rings is 1. The Bertz CT molecular complexity index is 1400. The van der Waals surface area contributed by atoms with Crippen molar-refractivity contribution < 1.29 is 23.1 Å². The topological polar surface area (TPSA) is 109 Å². The lowest BCUT2D eigenvalue weighted by Crippen LogP contribution is -2.53. The minimum absolute atomic E-state index is 0.137. The summed E-state index contributed by atoms with van der Waals surface area (Å²) in [5, 5.41) is 3.11. The number of carbonyl (C=O) groups is 2. The molecule has 2 amide bonds. The minimum Gasteiger partial charge on any atom is -0.378 e. The molecule has 3 aliphatic rings. The lowest BCUT2D eigenvalue weighted by molar-refractivity contribution is -0.140. The maximum Gasteiger partial charge on any atom is 0.296 e. The van der Waals surface area contributed by atoms with Gasteiger partial charge in [0.05, 0.1) is 24.2 Å². The van der Waals surface area contributed by atoms with Crippen molar-refractivity contribution in [1.29, 1.82) is 0 Å². The summed E-state index contributed by atoms with van der Waals surface area (Å²) in [4.78, 5) is 44.7. The number of benzene rings is 1. The van der Waals surface area contributed by atoms with Crippen molar-refractivity contribution >= 4 is 34.6 Å². The number of carbonyl (C=O) groups excluding carboxylic acids is 2. The van der Waals surface area contributed by atoms with Crippen molar-refractivity contribution in [3.8, 4) is 5.82 Å². The van der Waals surface area contributed by atoms with E-state index in [9.17, 15) is 18.4 Å². The van der Waals surface area contributed by atoms with E-state index in [4.69, 9.17) is 4.74 Å². The summed E-state index contributed by atoms with van der Waals surface area (Å²) < 4.78 is 35.0. The number of morpholine rings is 1. The summed E-state index contributed by atoms with van der Waals surface area (Å²) in [6.07, 6.45) is -0.910. The fourth-order valence-electron chi connectivity index (χ4n) is 5.25. The number of aromatic nitrogens is 4. The smallest absolute Gasteiger partial charge is 0.296 e. The van der Waals surface area contributed by atoms with Crippen LogP contribution in [0.4, 0.5) is 20.5 Å². The monoisotopic (exact) mass is 554 g/mol. The van der Waals surface area contributed by atoms with Gasteiger partial charge < -0.3 is 24.8 Å². The Morgan fingerprint density at radius 3 is 2.33 bits per heavy atom. The van der Waals surface area contributed by atoms with Gasteiger partial charge in [0.15, 0.2) is 5.82 Å². The van der Waals surface area contributed by atoms with Crippen LogP contribution in [-0.2, 0) is 14.3 Å². The summed E-state index contributed by atoms with van der Waals surface area (Å²) in [5.74, 6) is 0.722. The average Bonchev–Trinajstić information content (AvgIpc) is 3.76. The maximum atomic E-state index is 14.1. The van der Waals surface area contributed by atoms with Crippen LogP contribution in [-0.4, -0.2) is 99.7 Å². The zero-order valence-corrected chi connectivity index (χ0v) is 22.3. The van der Waals surface area contributed by atoms with E-state index in [2.05, 4.69) is 20.3 Å². The van der Waals surface area contributed by atoms with Crippen LogP contribution in [0.15, 0.2) is 30.3 Å². The zero-order chi connectivity index (χ0) is 27.8. The fourth-order valence-corrected chi connectivity index (χ4v) is 5.25. The van der Waals surface area contributed by atoms with E-state index in [1.807, 2.05) is 9.80 Å². The molecular weight excluding hydrogens is 522 g/mol. The number of nitrogens with one attached hydrogen (secondary N) is 1. The lowest BCUT2D eigenvalue weighted by atomic mass is 10.2. The molecule has 40 heavy (non-hydrogen) atoms. The van der Waals surface area contributed by atoms with Crippen LogP contribution < -0.4 is 10.2 Å². The van der Waals surface area contributed by atoms with Gasteiger partial charge in [0.2, 0.25) is 17.8 Å². The molecule has 1 aliphatic carbocycles. The van der Waals surface area contributed by atoms with Gasteiger partial charge in [-0.3, -0.25) is 14.2 Å². The van der Waals surface area contributed by atoms with Gasteiger partial charge in [0.25, 0.3) is 6.43 Å². The number of hydrogen-bond acceptors (Lipinski definition) is 8. The second-order valence-corrected chi connectivity index (χ2v) is 10.4. The van der Waals surface area contributed by atoms with Gasteiger partial charge in [-0.05, 0) is 31.9 Å². The van der Waals surface area contributed by atoms with Gasteiger partial charge in [-0.25, -0.2) is 13.8 Å². The first kappa shape index (κ1) is 26.4. The molecule has 1 aromatic carbocycles. The molecule has 1 N–H and O–H groups in total. The number of amides is 2. The molecular formula is C27H32F2N8O3. The Labute approximate surface area is 230 Å². The third-order valence-electron chi connectivity index (χ3n) is 7.59. The number of halogens is 2. The first-order chi connectivity index (χ1) is 19.4. The Morgan fingerprint density at radius 2 is 1.62 bits per heavy atom. The van der Waals surface area contributed by atoms with Crippen LogP contribution in [0.5, 0.6) is 0 Å². The van der Waals surface area contributed by atoms with E-state index in [1.54, 1.807) is 42.2 Å². The standard InChI is InChI=1S/C27H32F2N8O3/c1-17(25(38)35-8-10-36(11-9-35)26(39)18-6-7-18)30-27-32-21(34-12-14-40-15-13-34)16-22(33-27)37-20-5-3-2-4-19(20)31-24(37)23(28)29/h2-5,16-18,23H,6-15H2,1H3,(H,30,32,33)/t17-/m0/s1. The molecule has 13 heteroatoms. The molecule has 6 rings (SSSR count). The number of anilines is 2. The Hall–Kier alpha value is -3.87. The Balaban J connectivity index is 1.27. The van der Waals surface area contributed by atoms with Gasteiger partial charge in [-0.1, -0.05) is 12.1 Å². The molecule has 1 atom stereocenters. The number of rotatable bonds is 7. The quantitative estimate of drug-likeness (QED) is 0.475. The van der Waals surface area contributed by atoms with Gasteiger partial charge in [-0.2, -0.15) is 9.97 Å². The average molecular weight is 555 g/mol. The minimum atomic E-state index is -2.82. The number of nitrogens with zero attached hydrogens (tertiary/aromatic N) is 7. The van der Waals surface area contributed by atoms with E-state index in [0.717, 1.165) is 12.8 Å². The highest BCUT2D eigenvalue weighted by Gasteiger charge is 2.35. The summed E-state index contributed by atoms with van der Waals surface area (Å²) >= 11 is 0. The molecule has 2 aromatic heterocycles. The second kappa shape index (κ2) is 11.0. The molecule has 4 heterocycles. The second-order valence-electron chi connectivity index (χ2n) is 10.4. The molecule has 0 unspecified atom stereocenters. The highest BCUT2D eigenvalue weighted by atomic mass is 19.3. The number of piperazine rings is 1. The summed E-state index contributed by atoms with van der Waals surface area (Å²) in [6.45, 7) is 5.89. The van der Waals surface area contributed by atoms with E-state index in [-0.39, 0.29) is 29.5 Å². The fraction of sp³-hybridized carbons (Fsp3) is 0.519. The van der Waals surface area contributed by atoms with Crippen molar-refractivity contribution in [2.45, 2.75) is 32.2 Å². The molecule has 2 aliphatic heterocycles. The number of fused-ring (bicyclic) bond motifs is 1. The molecule has 0 spiro atoms. The van der Waals surface area contributed by atoms with Gasteiger partial charge in [0, 0.05) is 51.3 Å². The van der Waals surface area contributed by atoms with Crippen LogP contribution >= 0.6 is 0 Å². The summed E-state index contributed by atoms with van der Waals surface area (Å²) in [5.41, 5.74) is 0.930. The van der Waals surface area contributed by atoms with Gasteiger partial charge in [0.1, 0.15) is 17.7 Å². The summed E-state index contributed by atoms with van der Waals surface area (Å²) in [7, 11) is 0. The number of hydrogen-bond donors (Lipinski definition) is 1. The molecule has 3 fully saturated rings. The van der Waals surface area contributed by atoms with Crippen molar-refractivity contribution in [2.24, 2.45) is 5.92 Å². The summed E-state index contributed by atoms with van der Waals surface area (Å²) in [6, 6.07) is 7.90. The van der Waals surface area contributed by atoms with Gasteiger partial charge >= 0.3 is 0 Å². The van der Waals surface area contributed by atoms with Crippen molar-refractivity contribution in [1.82, 2.24) is 29.3 Å². The van der Waals surface area contributed by atoms with E-state index < -0.39 is 18.3 Å². The Morgan fingerprint density at radius 1 is 0.950 bits per heavy atom. The predicted molar refractivity (Wildman–Crippen MR) is 144 cm³/mol. The van der Waals surface area contributed by atoms with E-state index in [1.165, 1.54) is 4.57 Å². The normalized spacial score (nSPS) is 18.9. The highest BCUT2D eigenvalue weighted by Crippen LogP contribution is 2.32. The molecule has 0 bridgehead atoms. The van der Waals surface area contributed by atoms with Crippen LogP contribution in [0, 0.1) is 5.92 Å². The molecule has 1 saturated carbocycles. The molecule has 212 valence electrons. The van der Waals surface area contributed by atoms with Crippen molar-refractivity contribution in [3.63, 3.8) is 0 Å². The first-order valence-electron chi connectivity index (χ1n) is 13.7. The largest absolute Gasteiger partial charge is 0.378 e. The SMILES string of the molecule is C[C@H](Nc1nc(N2CCOCC2)cc(-n2c(C(F)F)nc3ccccc32)n1)C(=O)N1CCN(C(=O)C2CC2)CC1. The Kier molecular flexibility index (Phi) is 7.22.